The Bertz CT molecular complexity index is 1100. The van der Waals surface area contributed by atoms with E-state index < -0.39 is 5.82 Å². The number of para-hydroxylation sites is 1. The fourth-order valence-electron chi connectivity index (χ4n) is 3.67. The summed E-state index contributed by atoms with van der Waals surface area (Å²) in [6.07, 6.45) is 2.63. The maximum atomic E-state index is 14.6. The van der Waals surface area contributed by atoms with Crippen LogP contribution in [-0.2, 0) is 4.74 Å². The molecule has 0 saturated heterocycles. The number of methoxy groups -OCH3 is 2. The van der Waals surface area contributed by atoms with Crippen molar-refractivity contribution in [1.82, 2.24) is 15.3 Å². The predicted molar refractivity (Wildman–Crippen MR) is 112 cm³/mol. The molecule has 0 bridgehead atoms. The summed E-state index contributed by atoms with van der Waals surface area (Å²) >= 11 is 6.25. The number of H-pyrrole nitrogens is 1. The number of ether oxygens (including phenoxy) is 2. The zero-order valence-electron chi connectivity index (χ0n) is 16.4. The van der Waals surface area contributed by atoms with Gasteiger partial charge in [-0.1, -0.05) is 17.7 Å². The van der Waals surface area contributed by atoms with Crippen LogP contribution in [0.3, 0.4) is 0 Å². The van der Waals surface area contributed by atoms with E-state index in [1.165, 1.54) is 13.3 Å². The van der Waals surface area contributed by atoms with Crippen LogP contribution in [0.15, 0.2) is 36.7 Å². The summed E-state index contributed by atoms with van der Waals surface area (Å²) in [4.78, 5) is 19.9. The lowest BCUT2D eigenvalue weighted by atomic mass is 9.97. The van der Waals surface area contributed by atoms with Gasteiger partial charge in [-0.3, -0.25) is 9.78 Å². The number of pyridine rings is 1. The average molecular weight is 431 g/mol. The standard InChI is InChI=1S/C21H20ClFN4O3/c1-29-10-11-8-25-21(28)16-17(11)27-18(12-6-7-24-9-14(12)23)19(16)26-15-5-3-4-13(22)20(15)30-2/h3-7,9,11,26-27H,8,10H2,1-2H3,(H,25,28)/t11-/m1/s1. The first-order chi connectivity index (χ1) is 14.5. The Morgan fingerprint density at radius 3 is 2.90 bits per heavy atom. The summed E-state index contributed by atoms with van der Waals surface area (Å²) in [6.45, 7) is 0.810. The number of nitrogens with zero attached hydrogens (tertiary/aromatic N) is 1. The smallest absolute Gasteiger partial charge is 0.255 e. The fourth-order valence-corrected chi connectivity index (χ4v) is 3.92. The molecule has 0 unspecified atom stereocenters. The highest BCUT2D eigenvalue weighted by atomic mass is 35.5. The highest BCUT2D eigenvalue weighted by Crippen LogP contribution is 2.42. The number of fused-ring (bicyclic) bond motifs is 1. The minimum absolute atomic E-state index is 0.108. The normalized spacial score (nSPS) is 15.5. The first-order valence-corrected chi connectivity index (χ1v) is 9.65. The molecule has 1 aliphatic heterocycles. The van der Waals surface area contributed by atoms with Gasteiger partial charge in [-0.05, 0) is 18.2 Å². The monoisotopic (exact) mass is 430 g/mol. The number of carbonyl (C=O) groups is 1. The number of nitrogens with one attached hydrogen (secondary N) is 3. The fraction of sp³-hybridized carbons (Fsp3) is 0.238. The van der Waals surface area contributed by atoms with Crippen molar-refractivity contribution in [2.45, 2.75) is 5.92 Å². The Kier molecular flexibility index (Phi) is 5.61. The quantitative estimate of drug-likeness (QED) is 0.548. The minimum atomic E-state index is -0.513. The van der Waals surface area contributed by atoms with Crippen LogP contribution in [-0.4, -0.2) is 43.2 Å². The van der Waals surface area contributed by atoms with E-state index in [1.54, 1.807) is 31.4 Å². The summed E-state index contributed by atoms with van der Waals surface area (Å²) in [6, 6.07) is 6.77. The molecular weight excluding hydrogens is 411 g/mol. The van der Waals surface area contributed by atoms with Crippen LogP contribution in [0.5, 0.6) is 5.75 Å². The summed E-state index contributed by atoms with van der Waals surface area (Å²) in [5, 5.41) is 6.51. The van der Waals surface area contributed by atoms with Crippen LogP contribution < -0.4 is 15.4 Å². The Labute approximate surface area is 177 Å². The number of halogens is 2. The van der Waals surface area contributed by atoms with E-state index in [4.69, 9.17) is 21.1 Å². The van der Waals surface area contributed by atoms with Crippen molar-refractivity contribution >= 4 is 28.9 Å². The topological polar surface area (TPSA) is 88.3 Å². The van der Waals surface area contributed by atoms with Gasteiger partial charge in [0.25, 0.3) is 5.91 Å². The van der Waals surface area contributed by atoms with Crippen molar-refractivity contribution in [3.63, 3.8) is 0 Å². The number of benzene rings is 1. The molecule has 2 aromatic heterocycles. The third-order valence-electron chi connectivity index (χ3n) is 5.01. The lowest BCUT2D eigenvalue weighted by Crippen LogP contribution is -2.36. The highest BCUT2D eigenvalue weighted by molar-refractivity contribution is 6.32. The molecule has 0 radical (unpaired) electrons. The van der Waals surface area contributed by atoms with E-state index in [0.717, 1.165) is 6.20 Å². The molecule has 3 heterocycles. The number of anilines is 2. The van der Waals surface area contributed by atoms with Crippen molar-refractivity contribution < 1.29 is 18.7 Å². The van der Waals surface area contributed by atoms with Gasteiger partial charge in [0.1, 0.15) is 0 Å². The molecule has 156 valence electrons. The van der Waals surface area contributed by atoms with Crippen LogP contribution in [0.2, 0.25) is 5.02 Å². The van der Waals surface area contributed by atoms with Gasteiger partial charge >= 0.3 is 0 Å². The SMILES string of the molecule is COC[C@H]1CNC(=O)c2c1[nH]c(-c1ccncc1F)c2Nc1cccc(Cl)c1OC. The molecule has 7 nitrogen and oxygen atoms in total. The third-order valence-corrected chi connectivity index (χ3v) is 5.31. The number of carbonyl (C=O) groups excluding carboxylic acids is 1. The van der Waals surface area contributed by atoms with E-state index in [9.17, 15) is 9.18 Å². The maximum Gasteiger partial charge on any atom is 0.255 e. The Hall–Kier alpha value is -3.10. The zero-order valence-corrected chi connectivity index (χ0v) is 17.1. The number of hydrogen-bond acceptors (Lipinski definition) is 5. The van der Waals surface area contributed by atoms with E-state index in [0.29, 0.717) is 52.2 Å². The maximum absolute atomic E-state index is 14.6. The molecule has 1 atom stereocenters. The van der Waals surface area contributed by atoms with Crippen LogP contribution in [0.4, 0.5) is 15.8 Å². The van der Waals surface area contributed by atoms with Crippen LogP contribution in [0.1, 0.15) is 22.0 Å². The Balaban J connectivity index is 1.93. The molecule has 0 spiro atoms. The molecule has 3 N–H and O–H groups in total. The lowest BCUT2D eigenvalue weighted by molar-refractivity contribution is 0.0925. The molecule has 1 aliphatic rings. The molecule has 0 saturated carbocycles. The van der Waals surface area contributed by atoms with Gasteiger partial charge in [-0.25, -0.2) is 4.39 Å². The summed E-state index contributed by atoms with van der Waals surface area (Å²) in [5.74, 6) is -0.471. The van der Waals surface area contributed by atoms with Crippen LogP contribution in [0, 0.1) is 5.82 Å². The summed E-state index contributed by atoms with van der Waals surface area (Å²) < 4.78 is 25.4. The molecule has 0 aliphatic carbocycles. The molecule has 3 aromatic rings. The van der Waals surface area contributed by atoms with Crippen molar-refractivity contribution in [3.05, 3.63) is 58.8 Å². The van der Waals surface area contributed by atoms with Gasteiger partial charge in [0.15, 0.2) is 11.6 Å². The highest BCUT2D eigenvalue weighted by Gasteiger charge is 2.33. The van der Waals surface area contributed by atoms with Gasteiger partial charge in [0.05, 0.1) is 47.6 Å². The Morgan fingerprint density at radius 2 is 2.17 bits per heavy atom. The second-order valence-corrected chi connectivity index (χ2v) is 7.23. The van der Waals surface area contributed by atoms with Gasteiger partial charge in [-0.15, -0.1) is 0 Å². The van der Waals surface area contributed by atoms with Crippen molar-refractivity contribution in [2.75, 3.05) is 32.7 Å². The lowest BCUT2D eigenvalue weighted by Gasteiger charge is -2.23. The van der Waals surface area contributed by atoms with Gasteiger partial charge in [0, 0.05) is 37.0 Å². The number of amides is 1. The van der Waals surface area contributed by atoms with Crippen molar-refractivity contribution in [1.29, 1.82) is 0 Å². The molecule has 1 amide bonds. The van der Waals surface area contributed by atoms with Gasteiger partial charge in [-0.2, -0.15) is 0 Å². The number of rotatable bonds is 6. The third kappa shape index (κ3) is 3.48. The van der Waals surface area contributed by atoms with Gasteiger partial charge in [0.2, 0.25) is 0 Å². The van der Waals surface area contributed by atoms with E-state index in [2.05, 4.69) is 20.6 Å². The molecule has 9 heteroatoms. The molecule has 0 fully saturated rings. The second-order valence-electron chi connectivity index (χ2n) is 6.83. The summed E-state index contributed by atoms with van der Waals surface area (Å²) in [7, 11) is 3.10. The van der Waals surface area contributed by atoms with E-state index >= 15 is 0 Å². The largest absolute Gasteiger partial charge is 0.493 e. The number of hydrogen-bond donors (Lipinski definition) is 3. The van der Waals surface area contributed by atoms with Crippen LogP contribution >= 0.6 is 11.6 Å². The van der Waals surface area contributed by atoms with Crippen molar-refractivity contribution in [2.24, 2.45) is 0 Å². The number of aromatic nitrogens is 2. The first-order valence-electron chi connectivity index (χ1n) is 9.27. The Morgan fingerprint density at radius 1 is 1.33 bits per heavy atom. The summed E-state index contributed by atoms with van der Waals surface area (Å²) in [5.41, 5.74) is 2.76. The second kappa shape index (κ2) is 8.33. The molecule has 1 aromatic carbocycles. The van der Waals surface area contributed by atoms with E-state index in [-0.39, 0.29) is 17.4 Å². The molecular formula is C21H20ClFN4O3. The average Bonchev–Trinajstić information content (AvgIpc) is 3.11. The van der Waals surface area contributed by atoms with E-state index in [1.807, 2.05) is 0 Å². The molecule has 30 heavy (non-hydrogen) atoms. The van der Waals surface area contributed by atoms with Crippen molar-refractivity contribution in [3.8, 4) is 17.0 Å². The first kappa shape index (κ1) is 20.2. The zero-order chi connectivity index (χ0) is 21.3. The minimum Gasteiger partial charge on any atom is -0.493 e. The van der Waals surface area contributed by atoms with Gasteiger partial charge < -0.3 is 25.1 Å². The molecule has 4 rings (SSSR count). The number of aromatic amines is 1. The predicted octanol–water partition coefficient (Wildman–Crippen LogP) is 4.09. The van der Waals surface area contributed by atoms with Crippen LogP contribution in [0.25, 0.3) is 11.3 Å².